The maximum Gasteiger partial charge on any atom is 0.325 e. The predicted molar refractivity (Wildman–Crippen MR) is 84.2 cm³/mol. The molecule has 1 saturated heterocycles. The van der Waals surface area contributed by atoms with Gasteiger partial charge in [-0.25, -0.2) is 4.79 Å². The zero-order chi connectivity index (χ0) is 15.7. The normalized spacial score (nSPS) is 19.6. The Labute approximate surface area is 136 Å². The van der Waals surface area contributed by atoms with Gasteiger partial charge in [-0.1, -0.05) is 28.8 Å². The first-order valence-electron chi connectivity index (χ1n) is 7.20. The Balaban J connectivity index is 1.65. The van der Waals surface area contributed by atoms with E-state index in [4.69, 9.17) is 0 Å². The van der Waals surface area contributed by atoms with Crippen molar-refractivity contribution in [1.82, 2.24) is 10.2 Å². The van der Waals surface area contributed by atoms with E-state index in [-0.39, 0.29) is 18.4 Å². The fraction of sp³-hybridized carbons (Fsp3) is 0.400. The van der Waals surface area contributed by atoms with Crippen LogP contribution in [0.15, 0.2) is 28.7 Å². The van der Waals surface area contributed by atoms with E-state index < -0.39 is 11.6 Å². The molecule has 2 N–H and O–H groups in total. The molecule has 3 rings (SSSR count). The second-order valence-corrected chi connectivity index (χ2v) is 6.58. The second kappa shape index (κ2) is 5.72. The van der Waals surface area contributed by atoms with Gasteiger partial charge in [0.2, 0.25) is 5.91 Å². The molecule has 1 aromatic carbocycles. The van der Waals surface area contributed by atoms with Gasteiger partial charge >= 0.3 is 6.03 Å². The average molecular weight is 366 g/mol. The van der Waals surface area contributed by atoms with Crippen LogP contribution in [0.4, 0.5) is 10.5 Å². The van der Waals surface area contributed by atoms with Crippen LogP contribution < -0.4 is 10.6 Å². The van der Waals surface area contributed by atoms with Crippen LogP contribution >= 0.6 is 15.9 Å². The third kappa shape index (κ3) is 2.72. The molecule has 4 amide bonds. The molecular weight excluding hydrogens is 350 g/mol. The monoisotopic (exact) mass is 365 g/mol. The molecule has 0 atom stereocenters. The number of imide groups is 1. The molecule has 116 valence electrons. The first kappa shape index (κ1) is 15.0. The van der Waals surface area contributed by atoms with Crippen LogP contribution in [0, 0.1) is 0 Å². The molecule has 0 unspecified atom stereocenters. The number of carbonyl (C=O) groups excluding carboxylic acids is 3. The summed E-state index contributed by atoms with van der Waals surface area (Å²) in [6.07, 6.45) is 3.15. The smallest absolute Gasteiger partial charge is 0.325 e. The Hall–Kier alpha value is -1.89. The largest absolute Gasteiger partial charge is 0.325 e. The summed E-state index contributed by atoms with van der Waals surface area (Å²) in [6.45, 7) is -0.261. The van der Waals surface area contributed by atoms with E-state index in [2.05, 4.69) is 26.6 Å². The van der Waals surface area contributed by atoms with Gasteiger partial charge in [0, 0.05) is 10.2 Å². The lowest BCUT2D eigenvalue weighted by molar-refractivity contribution is -0.133. The molecule has 1 spiro atoms. The van der Waals surface area contributed by atoms with Gasteiger partial charge in [0.25, 0.3) is 5.91 Å². The zero-order valence-corrected chi connectivity index (χ0v) is 13.5. The zero-order valence-electron chi connectivity index (χ0n) is 11.9. The minimum atomic E-state index is -0.769. The van der Waals surface area contributed by atoms with Gasteiger partial charge in [0.05, 0.1) is 0 Å². The van der Waals surface area contributed by atoms with E-state index in [1.807, 2.05) is 0 Å². The molecule has 2 aliphatic rings. The van der Waals surface area contributed by atoms with E-state index >= 15 is 0 Å². The molecule has 1 aromatic rings. The highest BCUT2D eigenvalue weighted by molar-refractivity contribution is 9.10. The van der Waals surface area contributed by atoms with E-state index in [1.54, 1.807) is 24.3 Å². The number of nitrogens with zero attached hydrogens (tertiary/aromatic N) is 1. The number of anilines is 1. The second-order valence-electron chi connectivity index (χ2n) is 5.67. The summed E-state index contributed by atoms with van der Waals surface area (Å²) in [6, 6.07) is 6.62. The lowest BCUT2D eigenvalue weighted by Crippen LogP contribution is -2.44. The Morgan fingerprint density at radius 3 is 2.50 bits per heavy atom. The molecule has 1 saturated carbocycles. The molecule has 0 bridgehead atoms. The van der Waals surface area contributed by atoms with Gasteiger partial charge in [-0.2, -0.15) is 0 Å². The van der Waals surface area contributed by atoms with Crippen LogP contribution in [-0.2, 0) is 9.59 Å². The molecule has 1 aliphatic carbocycles. The first-order chi connectivity index (χ1) is 10.5. The molecule has 1 aliphatic heterocycles. The number of rotatable bonds is 3. The molecule has 1 heterocycles. The van der Waals surface area contributed by atoms with Crippen LogP contribution in [0.5, 0.6) is 0 Å². The van der Waals surface area contributed by atoms with Crippen molar-refractivity contribution in [3.05, 3.63) is 28.7 Å². The summed E-state index contributed by atoms with van der Waals surface area (Å²) in [5, 5.41) is 5.44. The van der Waals surface area contributed by atoms with Crippen LogP contribution in [0.2, 0.25) is 0 Å². The third-order valence-electron chi connectivity index (χ3n) is 4.13. The Kier molecular flexibility index (Phi) is 3.90. The number of hydrogen-bond acceptors (Lipinski definition) is 3. The van der Waals surface area contributed by atoms with Gasteiger partial charge in [-0.05, 0) is 37.1 Å². The van der Waals surface area contributed by atoms with Crippen molar-refractivity contribution in [3.8, 4) is 0 Å². The summed E-state index contributed by atoms with van der Waals surface area (Å²) >= 11 is 3.31. The minimum absolute atomic E-state index is 0.261. The van der Waals surface area contributed by atoms with E-state index in [1.165, 1.54) is 0 Å². The Morgan fingerprint density at radius 1 is 1.23 bits per heavy atom. The molecule has 22 heavy (non-hydrogen) atoms. The van der Waals surface area contributed by atoms with Gasteiger partial charge in [-0.15, -0.1) is 0 Å². The van der Waals surface area contributed by atoms with Crippen molar-refractivity contribution < 1.29 is 14.4 Å². The number of carbonyl (C=O) groups is 3. The highest BCUT2D eigenvalue weighted by Gasteiger charge is 2.52. The summed E-state index contributed by atoms with van der Waals surface area (Å²) < 4.78 is 0.905. The van der Waals surface area contributed by atoms with Crippen LogP contribution in [0.3, 0.4) is 0 Å². The predicted octanol–water partition coefficient (Wildman–Crippen LogP) is 2.25. The maximum atomic E-state index is 12.4. The van der Waals surface area contributed by atoms with Crippen molar-refractivity contribution in [1.29, 1.82) is 0 Å². The van der Waals surface area contributed by atoms with Crippen molar-refractivity contribution in [2.24, 2.45) is 0 Å². The minimum Gasteiger partial charge on any atom is -0.325 e. The van der Waals surface area contributed by atoms with Crippen LogP contribution in [0.1, 0.15) is 25.7 Å². The molecule has 2 fully saturated rings. The first-order valence-corrected chi connectivity index (χ1v) is 7.99. The summed E-state index contributed by atoms with van der Waals surface area (Å²) in [7, 11) is 0. The van der Waals surface area contributed by atoms with Crippen LogP contribution in [0.25, 0.3) is 0 Å². The number of hydrogen-bond donors (Lipinski definition) is 2. The van der Waals surface area contributed by atoms with E-state index in [9.17, 15) is 14.4 Å². The van der Waals surface area contributed by atoms with Crippen molar-refractivity contribution in [3.63, 3.8) is 0 Å². The quantitative estimate of drug-likeness (QED) is 0.806. The van der Waals surface area contributed by atoms with Gasteiger partial charge in [0.15, 0.2) is 0 Å². The standard InChI is InChI=1S/C15H16BrN3O3/c16-10-3-5-11(6-4-10)17-12(20)9-19-13(21)15(18-14(19)22)7-1-2-8-15/h3-6H,1-2,7-9H2,(H,17,20)(H,18,22). The molecule has 0 radical (unpaired) electrons. The number of urea groups is 1. The number of nitrogens with one attached hydrogen (secondary N) is 2. The van der Waals surface area contributed by atoms with Gasteiger partial charge in [0.1, 0.15) is 12.1 Å². The van der Waals surface area contributed by atoms with Gasteiger partial charge < -0.3 is 10.6 Å². The fourth-order valence-electron chi connectivity index (χ4n) is 3.01. The molecular formula is C15H16BrN3O3. The number of halogens is 1. The summed E-state index contributed by atoms with van der Waals surface area (Å²) in [5.74, 6) is -0.665. The summed E-state index contributed by atoms with van der Waals surface area (Å²) in [4.78, 5) is 37.5. The SMILES string of the molecule is O=C(CN1C(=O)NC2(CCCC2)C1=O)Nc1ccc(Br)cc1. The highest BCUT2D eigenvalue weighted by Crippen LogP contribution is 2.34. The highest BCUT2D eigenvalue weighted by atomic mass is 79.9. The maximum absolute atomic E-state index is 12.4. The van der Waals surface area contributed by atoms with E-state index in [0.29, 0.717) is 18.5 Å². The lowest BCUT2D eigenvalue weighted by atomic mass is 9.98. The average Bonchev–Trinajstić information content (AvgIpc) is 3.03. The van der Waals surface area contributed by atoms with Crippen LogP contribution in [-0.4, -0.2) is 34.8 Å². The Bertz CT molecular complexity index is 623. The molecule has 0 aromatic heterocycles. The van der Waals surface area contributed by atoms with E-state index in [0.717, 1.165) is 22.2 Å². The van der Waals surface area contributed by atoms with Crippen molar-refractivity contribution in [2.45, 2.75) is 31.2 Å². The number of amides is 4. The lowest BCUT2D eigenvalue weighted by Gasteiger charge is -2.19. The Morgan fingerprint density at radius 2 is 1.86 bits per heavy atom. The summed E-state index contributed by atoms with van der Waals surface area (Å²) in [5.41, 5.74) is -0.148. The fourth-order valence-corrected chi connectivity index (χ4v) is 3.28. The molecule has 7 heteroatoms. The third-order valence-corrected chi connectivity index (χ3v) is 4.66. The van der Waals surface area contributed by atoms with Gasteiger partial charge in [-0.3, -0.25) is 14.5 Å². The number of benzene rings is 1. The topological polar surface area (TPSA) is 78.5 Å². The van der Waals surface area contributed by atoms with Crippen molar-refractivity contribution >= 4 is 39.5 Å². The molecule has 6 nitrogen and oxygen atoms in total. The van der Waals surface area contributed by atoms with Crippen molar-refractivity contribution in [2.75, 3.05) is 11.9 Å².